The molecule has 9 heteroatoms. The lowest BCUT2D eigenvalue weighted by atomic mass is 9.93. The molecule has 0 aliphatic rings. The highest BCUT2D eigenvalue weighted by molar-refractivity contribution is 6.14. The summed E-state index contributed by atoms with van der Waals surface area (Å²) in [6, 6.07) is 32.6. The maximum absolute atomic E-state index is 14.5. The van der Waals surface area contributed by atoms with Gasteiger partial charge >= 0.3 is 12.4 Å². The maximum Gasteiger partial charge on any atom is 0.417 e. The van der Waals surface area contributed by atoms with Crippen LogP contribution in [0.4, 0.5) is 26.3 Å². The first kappa shape index (κ1) is 29.8. The normalized spacial score (nSPS) is 12.0. The minimum Gasteiger partial charge on any atom is -0.308 e. The Morgan fingerprint density at radius 1 is 0.574 bits per heavy atom. The van der Waals surface area contributed by atoms with E-state index in [9.17, 15) is 31.6 Å². The van der Waals surface area contributed by atoms with Crippen LogP contribution in [0.25, 0.3) is 60.9 Å². The molecule has 3 nitrogen and oxygen atoms in total. The Kier molecular flexibility index (Phi) is 7.09. The number of hydrogen-bond acceptors (Lipinski definition) is 2. The van der Waals surface area contributed by atoms with E-state index < -0.39 is 29.0 Å². The predicted octanol–water partition coefficient (Wildman–Crippen LogP) is 11.1. The lowest BCUT2D eigenvalue weighted by Crippen LogP contribution is -2.12. The summed E-state index contributed by atoms with van der Waals surface area (Å²) in [5.41, 5.74) is 1.63. The van der Waals surface area contributed by atoms with Gasteiger partial charge in [-0.15, -0.1) is 0 Å². The Balaban J connectivity index is 1.63. The molecule has 0 unspecified atom stereocenters. The highest BCUT2D eigenvalue weighted by atomic mass is 19.4. The average molecular weight is 634 g/mol. The van der Waals surface area contributed by atoms with Gasteiger partial charge in [-0.3, -0.25) is 4.98 Å². The highest BCUT2D eigenvalue weighted by Crippen LogP contribution is 2.46. The monoisotopic (exact) mass is 633 g/mol. The van der Waals surface area contributed by atoms with Gasteiger partial charge in [0.1, 0.15) is 0 Å². The molecule has 0 aliphatic carbocycles. The number of nitriles is 1. The number of pyridine rings is 1. The molecule has 0 fully saturated rings. The molecule has 0 radical (unpaired) electrons. The van der Waals surface area contributed by atoms with Crippen LogP contribution in [0.2, 0.25) is 0 Å². The quantitative estimate of drug-likeness (QED) is 0.181. The molecule has 0 bridgehead atoms. The number of alkyl halides is 6. The summed E-state index contributed by atoms with van der Waals surface area (Å²) >= 11 is 0. The van der Waals surface area contributed by atoms with E-state index in [4.69, 9.17) is 0 Å². The predicted molar refractivity (Wildman–Crippen MR) is 170 cm³/mol. The fraction of sp³-hybridized carbons (Fsp3) is 0.0526. The van der Waals surface area contributed by atoms with Crippen LogP contribution in [-0.4, -0.2) is 9.55 Å². The third kappa shape index (κ3) is 5.18. The van der Waals surface area contributed by atoms with Crippen LogP contribution in [0, 0.1) is 11.3 Å². The number of rotatable bonds is 4. The molecule has 5 aromatic carbocycles. The number of fused-ring (bicyclic) bond motifs is 3. The van der Waals surface area contributed by atoms with E-state index in [1.165, 1.54) is 6.07 Å². The molecule has 47 heavy (non-hydrogen) atoms. The topological polar surface area (TPSA) is 41.6 Å². The summed E-state index contributed by atoms with van der Waals surface area (Å²) < 4.78 is 86.1. The van der Waals surface area contributed by atoms with E-state index >= 15 is 0 Å². The van der Waals surface area contributed by atoms with Crippen LogP contribution in [-0.2, 0) is 12.4 Å². The molecule has 0 amide bonds. The maximum atomic E-state index is 14.5. The van der Waals surface area contributed by atoms with Gasteiger partial charge in [0.2, 0.25) is 0 Å². The van der Waals surface area contributed by atoms with Crippen LogP contribution in [0.1, 0.15) is 16.7 Å². The van der Waals surface area contributed by atoms with Crippen molar-refractivity contribution in [3.63, 3.8) is 0 Å². The summed E-state index contributed by atoms with van der Waals surface area (Å²) in [6.45, 7) is 0. The van der Waals surface area contributed by atoms with Gasteiger partial charge in [0, 0.05) is 39.9 Å². The largest absolute Gasteiger partial charge is 0.417 e. The third-order valence-electron chi connectivity index (χ3n) is 8.21. The van der Waals surface area contributed by atoms with Gasteiger partial charge in [0.05, 0.1) is 39.5 Å². The number of nitrogens with zero attached hydrogens (tertiary/aromatic N) is 3. The fourth-order valence-electron chi connectivity index (χ4n) is 6.16. The van der Waals surface area contributed by atoms with E-state index in [1.54, 1.807) is 53.4 Å². The minimum absolute atomic E-state index is 0.0930. The Hall–Kier alpha value is -5.88. The van der Waals surface area contributed by atoms with Gasteiger partial charge in [-0.05, 0) is 59.2 Å². The van der Waals surface area contributed by atoms with Crippen LogP contribution in [0.15, 0.2) is 128 Å². The standard InChI is InChI=1S/C38H21F6N3/c39-37(40,41)26-13-14-27(33(20-26)38(42,43)44)29-10-6-11-30-28-9-4-5-12-34(28)47(36(29)30)35-19-25(22-45)31(24-15-17-46-18-16-24)21-32(35)23-7-2-1-3-8-23/h1-21H. The summed E-state index contributed by atoms with van der Waals surface area (Å²) in [6.07, 6.45) is -6.80. The summed E-state index contributed by atoms with van der Waals surface area (Å²) in [7, 11) is 0. The van der Waals surface area contributed by atoms with E-state index in [-0.39, 0.29) is 11.6 Å². The van der Waals surface area contributed by atoms with Crippen molar-refractivity contribution in [3.05, 3.63) is 144 Å². The lowest BCUT2D eigenvalue weighted by Gasteiger charge is -2.20. The van der Waals surface area contributed by atoms with Gasteiger partial charge < -0.3 is 4.57 Å². The summed E-state index contributed by atoms with van der Waals surface area (Å²) in [5, 5.41) is 11.7. The van der Waals surface area contributed by atoms with Crippen molar-refractivity contribution in [3.8, 4) is 45.1 Å². The first-order valence-corrected chi connectivity index (χ1v) is 14.4. The first-order valence-electron chi connectivity index (χ1n) is 14.4. The molecule has 7 aromatic rings. The van der Waals surface area contributed by atoms with E-state index in [0.717, 1.165) is 22.6 Å². The van der Waals surface area contributed by atoms with Crippen molar-refractivity contribution in [1.82, 2.24) is 9.55 Å². The average Bonchev–Trinajstić information content (AvgIpc) is 3.42. The second kappa shape index (κ2) is 11.2. The zero-order valence-electron chi connectivity index (χ0n) is 24.2. The first-order chi connectivity index (χ1) is 22.6. The van der Waals surface area contributed by atoms with Gasteiger partial charge in [0.15, 0.2) is 0 Å². The second-order valence-electron chi connectivity index (χ2n) is 10.9. The number of halogens is 6. The van der Waals surface area contributed by atoms with Crippen molar-refractivity contribution in [1.29, 1.82) is 5.26 Å². The number of aromatic nitrogens is 2. The van der Waals surface area contributed by atoms with Crippen LogP contribution < -0.4 is 0 Å². The highest BCUT2D eigenvalue weighted by Gasteiger charge is 2.39. The van der Waals surface area contributed by atoms with E-state index in [2.05, 4.69) is 11.1 Å². The fourth-order valence-corrected chi connectivity index (χ4v) is 6.16. The summed E-state index contributed by atoms with van der Waals surface area (Å²) in [5.74, 6) is 0. The van der Waals surface area contributed by atoms with Gasteiger partial charge in [-0.2, -0.15) is 31.6 Å². The van der Waals surface area contributed by atoms with E-state index in [1.807, 2.05) is 54.6 Å². The van der Waals surface area contributed by atoms with Crippen molar-refractivity contribution < 1.29 is 26.3 Å². The zero-order chi connectivity index (χ0) is 32.9. The molecule has 0 spiro atoms. The molecule has 2 aromatic heterocycles. The molecule has 0 saturated carbocycles. The molecular formula is C38H21F6N3. The Bertz CT molecular complexity index is 2330. The smallest absolute Gasteiger partial charge is 0.308 e. The van der Waals surface area contributed by atoms with E-state index in [0.29, 0.717) is 44.9 Å². The van der Waals surface area contributed by atoms with Crippen molar-refractivity contribution in [2.75, 3.05) is 0 Å². The Morgan fingerprint density at radius 2 is 1.26 bits per heavy atom. The van der Waals surface area contributed by atoms with Crippen LogP contribution >= 0.6 is 0 Å². The van der Waals surface area contributed by atoms with Crippen molar-refractivity contribution in [2.24, 2.45) is 0 Å². The molecule has 230 valence electrons. The molecule has 0 N–H and O–H groups in total. The zero-order valence-corrected chi connectivity index (χ0v) is 24.2. The minimum atomic E-state index is -5.08. The second-order valence-corrected chi connectivity index (χ2v) is 10.9. The van der Waals surface area contributed by atoms with Crippen molar-refractivity contribution in [2.45, 2.75) is 12.4 Å². The molecule has 0 atom stereocenters. The molecule has 2 heterocycles. The SMILES string of the molecule is N#Cc1cc(-n2c3ccccc3c3cccc(-c4ccc(C(F)(F)F)cc4C(F)(F)F)c32)c(-c2ccccc2)cc1-c1ccncc1. The molecule has 0 saturated heterocycles. The lowest BCUT2D eigenvalue weighted by molar-refractivity contribution is -0.142. The molecular weight excluding hydrogens is 612 g/mol. The molecule has 7 rings (SSSR count). The van der Waals surface area contributed by atoms with Crippen LogP contribution in [0.5, 0.6) is 0 Å². The Morgan fingerprint density at radius 3 is 1.96 bits per heavy atom. The number of benzene rings is 5. The van der Waals surface area contributed by atoms with Crippen LogP contribution in [0.3, 0.4) is 0 Å². The van der Waals surface area contributed by atoms with Gasteiger partial charge in [-0.25, -0.2) is 0 Å². The van der Waals surface area contributed by atoms with Gasteiger partial charge in [0.25, 0.3) is 0 Å². The van der Waals surface area contributed by atoms with Gasteiger partial charge in [-0.1, -0.05) is 72.8 Å². The van der Waals surface area contributed by atoms with Crippen molar-refractivity contribution >= 4 is 21.8 Å². The third-order valence-corrected chi connectivity index (χ3v) is 8.21. The number of hydrogen-bond donors (Lipinski definition) is 0. The number of para-hydroxylation sites is 2. The molecule has 0 aliphatic heterocycles. The summed E-state index contributed by atoms with van der Waals surface area (Å²) in [4.78, 5) is 4.09. The Labute approximate surface area is 264 Å².